The van der Waals surface area contributed by atoms with E-state index in [0.29, 0.717) is 12.4 Å². The summed E-state index contributed by atoms with van der Waals surface area (Å²) in [5.41, 5.74) is 1.97. The van der Waals surface area contributed by atoms with Crippen LogP contribution < -0.4 is 5.32 Å². The zero-order valence-corrected chi connectivity index (χ0v) is 14.6. The van der Waals surface area contributed by atoms with E-state index < -0.39 is 0 Å². The summed E-state index contributed by atoms with van der Waals surface area (Å²) >= 11 is 0. The maximum atomic E-state index is 13.8. The van der Waals surface area contributed by atoms with Crippen LogP contribution in [0.4, 0.5) is 10.2 Å². The van der Waals surface area contributed by atoms with Crippen molar-refractivity contribution in [1.29, 1.82) is 0 Å². The summed E-state index contributed by atoms with van der Waals surface area (Å²) < 4.78 is 25.2. The number of nitrogens with one attached hydrogen (secondary N) is 1. The Bertz CT molecular complexity index is 746. The number of halogens is 1. The molecule has 0 amide bonds. The second-order valence-corrected chi connectivity index (χ2v) is 7.14. The Hall–Kier alpha value is -1.99. The lowest BCUT2D eigenvalue weighted by molar-refractivity contribution is 0.0119. The summed E-state index contributed by atoms with van der Waals surface area (Å²) in [6.07, 6.45) is 3.44. The van der Waals surface area contributed by atoms with Crippen LogP contribution in [0.3, 0.4) is 0 Å². The van der Waals surface area contributed by atoms with Gasteiger partial charge in [0.25, 0.3) is 0 Å². The first kappa shape index (κ1) is 16.5. The normalized spacial score (nSPS) is 26.6. The molecule has 1 N–H and O–H groups in total. The second-order valence-electron chi connectivity index (χ2n) is 7.14. The van der Waals surface area contributed by atoms with Crippen LogP contribution in [-0.2, 0) is 11.3 Å². The number of aromatic nitrogens is 2. The van der Waals surface area contributed by atoms with Gasteiger partial charge in [0.1, 0.15) is 5.76 Å². The fraction of sp³-hybridized carbons (Fsp3) is 0.556. The molecule has 6 nitrogen and oxygen atoms in total. The molecule has 4 heterocycles. The molecule has 2 fully saturated rings. The lowest BCUT2D eigenvalue weighted by Gasteiger charge is -2.23. The fourth-order valence-electron chi connectivity index (χ4n) is 3.92. The number of nitrogens with zero attached hydrogens (tertiary/aromatic N) is 3. The van der Waals surface area contributed by atoms with Crippen molar-refractivity contribution in [3.8, 4) is 0 Å². The van der Waals surface area contributed by atoms with Crippen molar-refractivity contribution in [3.05, 3.63) is 41.2 Å². The minimum Gasteiger partial charge on any atom is -0.371 e. The average molecular weight is 346 g/mol. The topological polar surface area (TPSA) is 63.4 Å². The molecule has 0 bridgehead atoms. The third-order valence-electron chi connectivity index (χ3n) is 5.27. The van der Waals surface area contributed by atoms with E-state index in [1.807, 2.05) is 13.8 Å². The van der Waals surface area contributed by atoms with E-state index in [2.05, 4.69) is 20.4 Å². The maximum Gasteiger partial charge on any atom is 0.165 e. The van der Waals surface area contributed by atoms with Crippen molar-refractivity contribution in [3.63, 3.8) is 0 Å². The molecule has 0 unspecified atom stereocenters. The molecule has 2 atom stereocenters. The van der Waals surface area contributed by atoms with E-state index in [1.165, 1.54) is 11.6 Å². The van der Waals surface area contributed by atoms with Crippen LogP contribution in [0, 0.1) is 19.7 Å². The first-order chi connectivity index (χ1) is 12.0. The van der Waals surface area contributed by atoms with Crippen LogP contribution in [0.15, 0.2) is 22.9 Å². The van der Waals surface area contributed by atoms with Gasteiger partial charge in [-0.2, -0.15) is 0 Å². The molecule has 25 heavy (non-hydrogen) atoms. The average Bonchev–Trinajstić information content (AvgIpc) is 3.27. The minimum atomic E-state index is -0.324. The Morgan fingerprint density at radius 2 is 2.32 bits per heavy atom. The highest BCUT2D eigenvalue weighted by Gasteiger charge is 2.45. The fourth-order valence-corrected chi connectivity index (χ4v) is 3.92. The number of hydrogen-bond donors (Lipinski definition) is 1. The molecular formula is C18H23FN4O2. The van der Waals surface area contributed by atoms with Gasteiger partial charge in [0, 0.05) is 37.8 Å². The minimum absolute atomic E-state index is 0.0865. The summed E-state index contributed by atoms with van der Waals surface area (Å²) in [5, 5.41) is 7.21. The predicted octanol–water partition coefficient (Wildman–Crippen LogP) is 2.67. The highest BCUT2D eigenvalue weighted by Crippen LogP contribution is 2.37. The van der Waals surface area contributed by atoms with Crippen LogP contribution in [0.5, 0.6) is 0 Å². The monoisotopic (exact) mass is 346 g/mol. The number of ether oxygens (including phenoxy) is 1. The molecule has 0 radical (unpaired) electrons. The van der Waals surface area contributed by atoms with E-state index in [1.54, 1.807) is 12.3 Å². The van der Waals surface area contributed by atoms with Gasteiger partial charge in [-0.1, -0.05) is 5.16 Å². The number of hydrogen-bond acceptors (Lipinski definition) is 6. The second kappa shape index (κ2) is 6.38. The quantitative estimate of drug-likeness (QED) is 0.918. The lowest BCUT2D eigenvalue weighted by atomic mass is 9.97. The summed E-state index contributed by atoms with van der Waals surface area (Å²) in [6, 6.07) is 3.10. The number of likely N-dealkylation sites (tertiary alicyclic amines) is 1. The van der Waals surface area contributed by atoms with E-state index in [4.69, 9.17) is 9.26 Å². The summed E-state index contributed by atoms with van der Waals surface area (Å²) in [6.45, 7) is 7.20. The zero-order chi connectivity index (χ0) is 17.4. The van der Waals surface area contributed by atoms with Crippen molar-refractivity contribution in [2.24, 2.45) is 0 Å². The van der Waals surface area contributed by atoms with Crippen LogP contribution >= 0.6 is 0 Å². The predicted molar refractivity (Wildman–Crippen MR) is 90.8 cm³/mol. The van der Waals surface area contributed by atoms with Crippen LogP contribution in [0.2, 0.25) is 0 Å². The van der Waals surface area contributed by atoms with Gasteiger partial charge in [0.05, 0.1) is 23.9 Å². The van der Waals surface area contributed by atoms with Crippen molar-refractivity contribution >= 4 is 5.82 Å². The van der Waals surface area contributed by atoms with E-state index in [9.17, 15) is 4.39 Å². The van der Waals surface area contributed by atoms with Gasteiger partial charge in [-0.15, -0.1) is 0 Å². The van der Waals surface area contributed by atoms with Gasteiger partial charge in [0.15, 0.2) is 11.6 Å². The summed E-state index contributed by atoms with van der Waals surface area (Å²) in [5.74, 6) is 0.865. The molecule has 2 saturated heterocycles. The Morgan fingerprint density at radius 1 is 1.44 bits per heavy atom. The molecule has 0 aromatic carbocycles. The number of rotatable bonds is 4. The van der Waals surface area contributed by atoms with Crippen LogP contribution in [-0.4, -0.2) is 46.4 Å². The molecule has 0 saturated carbocycles. The van der Waals surface area contributed by atoms with Gasteiger partial charge in [-0.3, -0.25) is 4.90 Å². The highest BCUT2D eigenvalue weighted by molar-refractivity contribution is 5.37. The smallest absolute Gasteiger partial charge is 0.165 e. The molecule has 4 rings (SSSR count). The molecule has 2 aromatic heterocycles. The Labute approximate surface area is 146 Å². The van der Waals surface area contributed by atoms with Gasteiger partial charge in [0.2, 0.25) is 0 Å². The van der Waals surface area contributed by atoms with Gasteiger partial charge >= 0.3 is 0 Å². The van der Waals surface area contributed by atoms with Gasteiger partial charge < -0.3 is 14.6 Å². The molecule has 7 heteroatoms. The first-order valence-electron chi connectivity index (χ1n) is 8.70. The Kier molecular flexibility index (Phi) is 4.21. The van der Waals surface area contributed by atoms with E-state index in [-0.39, 0.29) is 17.5 Å². The molecular weight excluding hydrogens is 323 g/mol. The summed E-state index contributed by atoms with van der Waals surface area (Å²) in [4.78, 5) is 6.46. The SMILES string of the molecule is Cc1noc(C)c1CN1CC[C@@]2(C[C@H](Nc3ncccc3F)CO2)C1. The van der Waals surface area contributed by atoms with Crippen LogP contribution in [0.25, 0.3) is 0 Å². The number of pyridine rings is 1. The standard InChI is InChI=1S/C18H23FN4O2/c1-12-15(13(2)25-22-12)9-23-7-5-18(11-23)8-14(10-24-18)21-17-16(19)4-3-6-20-17/h3-4,6,14H,5,7-11H2,1-2H3,(H,20,21)/t14-,18+/m0/s1. The zero-order valence-electron chi connectivity index (χ0n) is 14.6. The Balaban J connectivity index is 1.37. The molecule has 1 spiro atoms. The summed E-state index contributed by atoms with van der Waals surface area (Å²) in [7, 11) is 0. The van der Waals surface area contributed by atoms with E-state index >= 15 is 0 Å². The Morgan fingerprint density at radius 3 is 3.08 bits per heavy atom. The third kappa shape index (κ3) is 3.26. The molecule has 2 aromatic rings. The van der Waals surface area contributed by atoms with Crippen molar-refractivity contribution in [2.45, 2.75) is 44.9 Å². The lowest BCUT2D eigenvalue weighted by Crippen LogP contribution is -2.33. The number of anilines is 1. The molecule has 2 aliphatic heterocycles. The van der Waals surface area contributed by atoms with Crippen molar-refractivity contribution < 1.29 is 13.7 Å². The highest BCUT2D eigenvalue weighted by atomic mass is 19.1. The van der Waals surface area contributed by atoms with Gasteiger partial charge in [-0.05, 0) is 32.4 Å². The molecule has 2 aliphatic rings. The largest absolute Gasteiger partial charge is 0.371 e. The van der Waals surface area contributed by atoms with Crippen molar-refractivity contribution in [1.82, 2.24) is 15.0 Å². The van der Waals surface area contributed by atoms with Gasteiger partial charge in [-0.25, -0.2) is 9.37 Å². The maximum absolute atomic E-state index is 13.8. The first-order valence-corrected chi connectivity index (χ1v) is 8.70. The number of aryl methyl sites for hydroxylation is 2. The molecule has 0 aliphatic carbocycles. The van der Waals surface area contributed by atoms with Crippen molar-refractivity contribution in [2.75, 3.05) is 25.0 Å². The molecule has 134 valence electrons. The van der Waals surface area contributed by atoms with Crippen LogP contribution in [0.1, 0.15) is 29.9 Å². The van der Waals surface area contributed by atoms with E-state index in [0.717, 1.165) is 43.9 Å². The third-order valence-corrected chi connectivity index (χ3v) is 5.27.